The predicted octanol–water partition coefficient (Wildman–Crippen LogP) is -0.926. The van der Waals surface area contributed by atoms with Crippen molar-refractivity contribution in [1.82, 2.24) is 0 Å². The van der Waals surface area contributed by atoms with Gasteiger partial charge >= 0.3 is 23.5 Å². The molecule has 0 spiro atoms. The Balaban J connectivity index is 0. The average molecular weight is 308 g/mol. The van der Waals surface area contributed by atoms with E-state index in [1.807, 2.05) is 0 Å². The molecule has 0 saturated carbocycles. The topological polar surface area (TPSA) is 191 Å². The number of hydrogen-bond donors (Lipinski definition) is 6. The first-order valence-electron chi connectivity index (χ1n) is 2.53. The van der Waals surface area contributed by atoms with E-state index in [9.17, 15) is 9.13 Å². The van der Waals surface area contributed by atoms with Crippen LogP contribution in [0.5, 0.6) is 0 Å². The smallest absolute Gasteiger partial charge is 0.303 e. The van der Waals surface area contributed by atoms with E-state index in [1.54, 1.807) is 0 Å². The minimum absolute atomic E-state index is 1.35. The predicted molar refractivity (Wildman–Crippen MR) is 48.0 cm³/mol. The summed E-state index contributed by atoms with van der Waals surface area (Å²) in [5, 5.41) is 0. The molecule has 6 N–H and O–H groups in total. The molecule has 0 saturated heterocycles. The molecule has 0 heterocycles. The van der Waals surface area contributed by atoms with Crippen LogP contribution in [0.1, 0.15) is 0 Å². The lowest BCUT2D eigenvalue weighted by atomic mass is 15.7. The van der Waals surface area contributed by atoms with Gasteiger partial charge in [0.1, 0.15) is 0 Å². The molecule has 0 aliphatic carbocycles. The minimum atomic E-state index is -4.96. The van der Waals surface area contributed by atoms with Crippen LogP contribution in [-0.2, 0) is 22.3 Å². The molecule has 0 aromatic heterocycles. The van der Waals surface area contributed by atoms with Crippen LogP contribution in [0, 0.1) is 0 Å². The summed E-state index contributed by atoms with van der Waals surface area (Å²) in [7, 11) is -12.8. The van der Waals surface area contributed by atoms with E-state index >= 15 is 0 Å². The Labute approximate surface area is 85.4 Å². The maximum atomic E-state index is 10.2. The van der Waals surface area contributed by atoms with Gasteiger partial charge in [0.15, 0.2) is 0 Å². The lowest BCUT2D eigenvalue weighted by Gasteiger charge is -2.07. The van der Waals surface area contributed by atoms with Crippen molar-refractivity contribution in [3.05, 3.63) is 0 Å². The highest BCUT2D eigenvalue weighted by molar-refractivity contribution is 7.62. The second-order valence-electron chi connectivity index (χ2n) is 1.66. The number of hydrogen-bond acceptors (Lipinski definition) is 5. The summed E-state index contributed by atoms with van der Waals surface area (Å²) in [6, 6.07) is 0. The molecule has 0 bridgehead atoms. The third-order valence-corrected chi connectivity index (χ3v) is 3.08. The van der Waals surface area contributed by atoms with Crippen LogP contribution in [0.3, 0.4) is 0 Å². The van der Waals surface area contributed by atoms with Gasteiger partial charge in [0.25, 0.3) is 0 Å². The molecule has 0 aliphatic heterocycles. The van der Waals surface area contributed by atoms with Gasteiger partial charge in [-0.1, -0.05) is 0 Å². The molecule has 15 heavy (non-hydrogen) atoms. The summed E-state index contributed by atoms with van der Waals surface area (Å²) >= 11 is 0. The zero-order valence-electron chi connectivity index (χ0n) is 6.64. The van der Waals surface area contributed by atoms with Gasteiger partial charge in [-0.05, 0) is 0 Å². The molecular weight excluding hydrogens is 300 g/mol. The van der Waals surface area contributed by atoms with Crippen molar-refractivity contribution in [3.63, 3.8) is 0 Å². The average Bonchev–Trinajstić information content (AvgIpc) is 1.77. The molecule has 0 amide bonds. The van der Waals surface area contributed by atoms with Gasteiger partial charge in [-0.2, -0.15) is 4.31 Å². The summed E-state index contributed by atoms with van der Waals surface area (Å²) in [6.45, 7) is 0. The molecule has 0 aromatic carbocycles. The highest BCUT2D eigenvalue weighted by atomic mass is 31.3. The van der Waals surface area contributed by atoms with Crippen molar-refractivity contribution in [1.29, 1.82) is 0 Å². The largest absolute Gasteiger partial charge is 0.483 e. The van der Waals surface area contributed by atoms with E-state index in [1.165, 1.54) is 9.47 Å². The number of rotatable bonds is 3. The fraction of sp³-hybridized carbons (Fsp3) is 0. The van der Waals surface area contributed by atoms with E-state index in [4.69, 9.17) is 33.9 Å². The first-order chi connectivity index (χ1) is 6.27. The summed E-state index contributed by atoms with van der Waals surface area (Å²) in [5.41, 5.74) is 0. The maximum Gasteiger partial charge on any atom is 0.483 e. The maximum absolute atomic E-state index is 10.2. The summed E-state index contributed by atoms with van der Waals surface area (Å²) < 4.78 is 35.9. The van der Waals surface area contributed by atoms with Crippen LogP contribution in [0.2, 0.25) is 0 Å². The first kappa shape index (κ1) is 18.2. The quantitative estimate of drug-likeness (QED) is 0.353. The molecule has 94 valence electrons. The van der Waals surface area contributed by atoms with Gasteiger partial charge < -0.3 is 29.4 Å². The standard InChI is InChI=1S/H5O7P3.H3O4P/c1-9(2,3)7-10(4,5)6-8;1-5(2,3)4/h8H2,(H,4,5)(H2,1,2,3);(H3,1,2,3,4). The lowest BCUT2D eigenvalue weighted by molar-refractivity contribution is 0.235. The van der Waals surface area contributed by atoms with Gasteiger partial charge in [-0.3, -0.25) is 4.31 Å². The molecule has 0 rings (SSSR count). The van der Waals surface area contributed by atoms with Crippen molar-refractivity contribution >= 4 is 32.9 Å². The molecule has 15 heteroatoms. The fourth-order valence-corrected chi connectivity index (χ4v) is 1.73. The summed E-state index contributed by atoms with van der Waals surface area (Å²) in [4.78, 5) is 45.7. The molecular formula is H8O11P4. The normalized spacial score (nSPS) is 16.2. The second-order valence-corrected chi connectivity index (χ2v) is 6.10. The van der Waals surface area contributed by atoms with E-state index < -0.39 is 23.5 Å². The second kappa shape index (κ2) is 6.51. The fourth-order valence-electron chi connectivity index (χ4n) is 0.154. The SMILES string of the molecule is O=P(O)(O)O.O=P(O)(O)OP(=O)(O)OP. The Kier molecular flexibility index (Phi) is 7.89. The van der Waals surface area contributed by atoms with E-state index in [-0.39, 0.29) is 0 Å². The van der Waals surface area contributed by atoms with Crippen molar-refractivity contribution in [2.24, 2.45) is 0 Å². The Bertz CT molecular complexity index is 294. The Hall–Kier alpha value is 0.800. The van der Waals surface area contributed by atoms with Gasteiger partial charge in [0.05, 0.1) is 0 Å². The highest BCUT2D eigenvalue weighted by Gasteiger charge is 2.30. The molecule has 2 atom stereocenters. The van der Waals surface area contributed by atoms with Crippen LogP contribution in [-0.4, -0.2) is 29.4 Å². The first-order valence-corrected chi connectivity index (χ1v) is 7.59. The number of phosphoric acid groups is 3. The molecule has 11 nitrogen and oxygen atoms in total. The van der Waals surface area contributed by atoms with E-state index in [0.717, 1.165) is 0 Å². The van der Waals surface area contributed by atoms with E-state index in [2.05, 4.69) is 8.62 Å². The van der Waals surface area contributed by atoms with Gasteiger partial charge in [-0.15, -0.1) is 0 Å². The Morgan fingerprint density at radius 3 is 1.20 bits per heavy atom. The van der Waals surface area contributed by atoms with Gasteiger partial charge in [0, 0.05) is 9.47 Å². The Morgan fingerprint density at radius 2 is 1.13 bits per heavy atom. The molecule has 2 unspecified atom stereocenters. The van der Waals surface area contributed by atoms with Crippen molar-refractivity contribution in [2.75, 3.05) is 0 Å². The van der Waals surface area contributed by atoms with Gasteiger partial charge in [0.2, 0.25) is 0 Å². The highest BCUT2D eigenvalue weighted by Crippen LogP contribution is 2.58. The van der Waals surface area contributed by atoms with Crippen LogP contribution < -0.4 is 0 Å². The van der Waals surface area contributed by atoms with Crippen molar-refractivity contribution in [3.8, 4) is 0 Å². The zero-order valence-corrected chi connectivity index (χ0v) is 10.5. The summed E-state index contributed by atoms with van der Waals surface area (Å²) in [6.07, 6.45) is 0. The van der Waals surface area contributed by atoms with Gasteiger partial charge in [-0.25, -0.2) is 13.7 Å². The van der Waals surface area contributed by atoms with E-state index in [0.29, 0.717) is 0 Å². The monoisotopic (exact) mass is 308 g/mol. The zero-order chi connectivity index (χ0) is 12.9. The van der Waals surface area contributed by atoms with Crippen LogP contribution in [0.15, 0.2) is 0 Å². The Morgan fingerprint density at radius 1 is 0.867 bits per heavy atom. The molecule has 0 aliphatic rings. The molecule has 0 radical (unpaired) electrons. The lowest BCUT2D eigenvalue weighted by Crippen LogP contribution is -1.85. The van der Waals surface area contributed by atoms with Crippen molar-refractivity contribution in [2.45, 2.75) is 0 Å². The van der Waals surface area contributed by atoms with Crippen LogP contribution in [0.25, 0.3) is 0 Å². The third-order valence-electron chi connectivity index (χ3n) is 0.343. The van der Waals surface area contributed by atoms with Crippen LogP contribution in [0.4, 0.5) is 0 Å². The minimum Gasteiger partial charge on any atom is -0.303 e. The summed E-state index contributed by atoms with van der Waals surface area (Å²) in [5.74, 6) is 0. The molecule has 0 aromatic rings. The molecule has 0 fully saturated rings. The van der Waals surface area contributed by atoms with Crippen molar-refractivity contribution < 1.29 is 51.7 Å². The third kappa shape index (κ3) is 25.2. The van der Waals surface area contributed by atoms with Crippen LogP contribution >= 0.6 is 32.9 Å².